The third-order valence-electron chi connectivity index (χ3n) is 4.33. The number of hydrogen-bond donors (Lipinski definition) is 1. The molecule has 7 heteroatoms. The monoisotopic (exact) mass is 408 g/mol. The Morgan fingerprint density at radius 2 is 1.90 bits per heavy atom. The number of carbonyl (C=O) groups is 2. The summed E-state index contributed by atoms with van der Waals surface area (Å²) in [6.45, 7) is 5.95. The van der Waals surface area contributed by atoms with Crippen molar-refractivity contribution in [1.82, 2.24) is 0 Å². The number of nitrogens with two attached hydrogens (primary N) is 1. The summed E-state index contributed by atoms with van der Waals surface area (Å²) in [6.07, 6.45) is 1.32. The second-order valence-corrected chi connectivity index (χ2v) is 6.88. The van der Waals surface area contributed by atoms with Gasteiger partial charge in [0.15, 0.2) is 18.1 Å². The quantitative estimate of drug-likeness (QED) is 0.310. The molecule has 0 saturated carbocycles. The summed E-state index contributed by atoms with van der Waals surface area (Å²) in [6, 6.07) is 12.0. The summed E-state index contributed by atoms with van der Waals surface area (Å²) in [5.74, 6) is -0.000678. The molecule has 0 saturated heterocycles. The van der Waals surface area contributed by atoms with Crippen molar-refractivity contribution < 1.29 is 23.8 Å². The van der Waals surface area contributed by atoms with E-state index in [0.717, 1.165) is 5.56 Å². The molecule has 2 aromatic rings. The van der Waals surface area contributed by atoms with Crippen LogP contribution in [0.5, 0.6) is 17.2 Å². The van der Waals surface area contributed by atoms with Crippen LogP contribution in [0.3, 0.4) is 0 Å². The van der Waals surface area contributed by atoms with E-state index in [1.54, 1.807) is 12.1 Å². The molecule has 1 amide bonds. The van der Waals surface area contributed by atoms with Gasteiger partial charge in [-0.2, -0.15) is 5.26 Å². The van der Waals surface area contributed by atoms with Crippen LogP contribution in [-0.2, 0) is 9.59 Å². The van der Waals surface area contributed by atoms with Gasteiger partial charge in [0.05, 0.1) is 7.11 Å². The van der Waals surface area contributed by atoms with E-state index in [1.165, 1.54) is 30.9 Å². The van der Waals surface area contributed by atoms with Crippen molar-refractivity contribution >= 4 is 18.0 Å². The fourth-order valence-electron chi connectivity index (χ4n) is 2.86. The summed E-state index contributed by atoms with van der Waals surface area (Å²) in [4.78, 5) is 23.4. The Bertz CT molecular complexity index is 1020. The van der Waals surface area contributed by atoms with Gasteiger partial charge in [0.1, 0.15) is 17.4 Å². The minimum atomic E-state index is -0.833. The molecular formula is C23H24N2O5. The van der Waals surface area contributed by atoms with Crippen LogP contribution < -0.4 is 19.9 Å². The van der Waals surface area contributed by atoms with E-state index < -0.39 is 11.9 Å². The minimum absolute atomic E-state index is 0.187. The van der Waals surface area contributed by atoms with Gasteiger partial charge in [-0.3, -0.25) is 4.79 Å². The van der Waals surface area contributed by atoms with Crippen LogP contribution in [0.4, 0.5) is 0 Å². The van der Waals surface area contributed by atoms with Crippen molar-refractivity contribution in [2.75, 3.05) is 13.7 Å². The normalized spacial score (nSPS) is 11.0. The topological polar surface area (TPSA) is 112 Å². The maximum Gasteiger partial charge on any atom is 0.349 e. The fourth-order valence-corrected chi connectivity index (χ4v) is 2.86. The fraction of sp³-hybridized carbons (Fsp3) is 0.261. The summed E-state index contributed by atoms with van der Waals surface area (Å²) >= 11 is 0. The maximum absolute atomic E-state index is 12.2. The number of rotatable bonds is 8. The number of esters is 1. The van der Waals surface area contributed by atoms with Crippen molar-refractivity contribution in [3.63, 3.8) is 0 Å². The Kier molecular flexibility index (Phi) is 7.59. The molecule has 7 nitrogen and oxygen atoms in total. The van der Waals surface area contributed by atoms with Gasteiger partial charge in [-0.05, 0) is 59.9 Å². The molecule has 0 aliphatic carbocycles. The van der Waals surface area contributed by atoms with Crippen molar-refractivity contribution in [3.8, 4) is 23.3 Å². The molecule has 2 aromatic carbocycles. The molecule has 0 fully saturated rings. The third kappa shape index (κ3) is 5.85. The molecule has 2 rings (SSSR count). The van der Waals surface area contributed by atoms with Crippen LogP contribution in [0.2, 0.25) is 0 Å². The lowest BCUT2D eigenvalue weighted by atomic mass is 9.98. The molecule has 0 atom stereocenters. The maximum atomic E-state index is 12.2. The summed E-state index contributed by atoms with van der Waals surface area (Å²) in [5, 5.41) is 8.94. The minimum Gasteiger partial charge on any atom is -0.493 e. The second-order valence-electron chi connectivity index (χ2n) is 6.88. The Labute approximate surface area is 175 Å². The van der Waals surface area contributed by atoms with Crippen LogP contribution in [-0.4, -0.2) is 25.6 Å². The predicted molar refractivity (Wildman–Crippen MR) is 112 cm³/mol. The number of benzene rings is 2. The zero-order valence-corrected chi connectivity index (χ0v) is 17.4. The highest BCUT2D eigenvalue weighted by Crippen LogP contribution is 2.29. The molecule has 0 aliphatic heterocycles. The first-order chi connectivity index (χ1) is 14.2. The van der Waals surface area contributed by atoms with E-state index in [-0.39, 0.29) is 23.7 Å². The molecule has 2 N–H and O–H groups in total. The second kappa shape index (κ2) is 10.1. The lowest BCUT2D eigenvalue weighted by molar-refractivity contribution is -0.136. The Morgan fingerprint density at radius 1 is 1.17 bits per heavy atom. The van der Waals surface area contributed by atoms with Gasteiger partial charge in [0.2, 0.25) is 0 Å². The predicted octanol–water partition coefficient (Wildman–Crippen LogP) is 3.50. The van der Waals surface area contributed by atoms with Crippen LogP contribution in [0.25, 0.3) is 6.08 Å². The number of ether oxygens (including phenoxy) is 3. The number of amides is 1. The standard InChI is InChI=1S/C23H24N2O5/c1-14(2)19-7-6-18(9-15(19)3)29-13-22(26)30-20-8-5-16(11-21(20)28-4)10-17(12-24)23(25)27/h5-11,14H,13H2,1-4H3,(H2,25,27)/b17-10+. The summed E-state index contributed by atoms with van der Waals surface area (Å²) < 4.78 is 16.1. The first-order valence-electron chi connectivity index (χ1n) is 9.28. The number of nitrogens with zero attached hydrogens (tertiary/aromatic N) is 1. The number of methoxy groups -OCH3 is 1. The van der Waals surface area contributed by atoms with E-state index in [9.17, 15) is 9.59 Å². The molecule has 0 spiro atoms. The Morgan fingerprint density at radius 3 is 2.47 bits per heavy atom. The van der Waals surface area contributed by atoms with Gasteiger partial charge in [-0.25, -0.2) is 4.79 Å². The first kappa shape index (κ1) is 22.5. The average Bonchev–Trinajstić information content (AvgIpc) is 2.70. The van der Waals surface area contributed by atoms with Gasteiger partial charge in [-0.15, -0.1) is 0 Å². The highest BCUT2D eigenvalue weighted by molar-refractivity contribution is 6.00. The van der Waals surface area contributed by atoms with Gasteiger partial charge >= 0.3 is 5.97 Å². The van der Waals surface area contributed by atoms with Crippen molar-refractivity contribution in [2.45, 2.75) is 26.7 Å². The van der Waals surface area contributed by atoms with Gasteiger partial charge < -0.3 is 19.9 Å². The lowest BCUT2D eigenvalue weighted by Gasteiger charge is -2.13. The number of hydrogen-bond acceptors (Lipinski definition) is 6. The van der Waals surface area contributed by atoms with E-state index in [4.69, 9.17) is 25.2 Å². The first-order valence-corrected chi connectivity index (χ1v) is 9.28. The molecule has 30 heavy (non-hydrogen) atoms. The number of carbonyl (C=O) groups excluding carboxylic acids is 2. The molecule has 0 unspecified atom stereocenters. The van der Waals surface area contributed by atoms with Crippen molar-refractivity contribution in [2.24, 2.45) is 5.73 Å². The molecule has 156 valence electrons. The van der Waals surface area contributed by atoms with Gasteiger partial charge in [0, 0.05) is 0 Å². The Hall–Kier alpha value is -3.79. The molecule has 0 radical (unpaired) electrons. The number of aryl methyl sites for hydroxylation is 1. The van der Waals surface area contributed by atoms with Crippen molar-refractivity contribution in [3.05, 3.63) is 58.7 Å². The van der Waals surface area contributed by atoms with E-state index in [1.807, 2.05) is 25.1 Å². The highest BCUT2D eigenvalue weighted by Gasteiger charge is 2.13. The molecule has 0 aliphatic rings. The SMILES string of the molecule is COc1cc(/C=C(\C#N)C(N)=O)ccc1OC(=O)COc1ccc(C(C)C)c(C)c1. The summed E-state index contributed by atoms with van der Waals surface area (Å²) in [7, 11) is 1.41. The van der Waals surface area contributed by atoms with Gasteiger partial charge in [-0.1, -0.05) is 26.0 Å². The molecular weight excluding hydrogens is 384 g/mol. The largest absolute Gasteiger partial charge is 0.493 e. The van der Waals surface area contributed by atoms with E-state index >= 15 is 0 Å². The molecule has 0 heterocycles. The number of nitriles is 1. The zero-order chi connectivity index (χ0) is 22.3. The third-order valence-corrected chi connectivity index (χ3v) is 4.33. The Balaban J connectivity index is 2.07. The van der Waals surface area contributed by atoms with Crippen LogP contribution in [0, 0.1) is 18.3 Å². The molecule has 0 bridgehead atoms. The average molecular weight is 408 g/mol. The lowest BCUT2D eigenvalue weighted by Crippen LogP contribution is -2.18. The summed E-state index contributed by atoms with van der Waals surface area (Å²) in [5.41, 5.74) is 7.74. The van der Waals surface area contributed by atoms with E-state index in [0.29, 0.717) is 17.2 Å². The van der Waals surface area contributed by atoms with E-state index in [2.05, 4.69) is 13.8 Å². The van der Waals surface area contributed by atoms with Gasteiger partial charge in [0.25, 0.3) is 5.91 Å². The van der Waals surface area contributed by atoms with Crippen molar-refractivity contribution in [1.29, 1.82) is 5.26 Å². The molecule has 0 aromatic heterocycles. The smallest absolute Gasteiger partial charge is 0.349 e. The van der Waals surface area contributed by atoms with Crippen LogP contribution in [0.1, 0.15) is 36.5 Å². The van der Waals surface area contributed by atoms with Crippen LogP contribution >= 0.6 is 0 Å². The highest BCUT2D eigenvalue weighted by atomic mass is 16.6. The zero-order valence-electron chi connectivity index (χ0n) is 17.4. The number of primary amides is 1. The van der Waals surface area contributed by atoms with Crippen LogP contribution in [0.15, 0.2) is 42.0 Å².